The van der Waals surface area contributed by atoms with Crippen molar-refractivity contribution in [2.45, 2.75) is 100 Å². The lowest BCUT2D eigenvalue weighted by molar-refractivity contribution is -0.410. The highest BCUT2D eigenvalue weighted by molar-refractivity contribution is 5.90. The van der Waals surface area contributed by atoms with E-state index in [0.717, 1.165) is 36.9 Å². The van der Waals surface area contributed by atoms with Gasteiger partial charge >= 0.3 is 17.9 Å². The Balaban J connectivity index is 1.19. The molecule has 2 fully saturated rings. The lowest BCUT2D eigenvalue weighted by Gasteiger charge is -2.49. The van der Waals surface area contributed by atoms with Crippen molar-refractivity contribution < 1.29 is 86.5 Å². The summed E-state index contributed by atoms with van der Waals surface area (Å²) in [5.41, 5.74) is 2.71. The maximum absolute atomic E-state index is 14.0. The molecule has 7 aromatic carbocycles. The zero-order valence-electron chi connectivity index (χ0n) is 46.4. The van der Waals surface area contributed by atoms with Gasteiger partial charge in [-0.2, -0.15) is 0 Å². The minimum absolute atomic E-state index is 0.0413. The number of aliphatic hydroxyl groups excluding tert-OH is 2. The van der Waals surface area contributed by atoms with Gasteiger partial charge in [0.25, 0.3) is 11.4 Å². The maximum Gasteiger partial charge on any atom is 0.338 e. The molecule has 2 heterocycles. The lowest BCUT2D eigenvalue weighted by Crippen LogP contribution is -2.67. The number of nitrogens with zero attached hydrogens (tertiary/aromatic N) is 2. The van der Waals surface area contributed by atoms with Crippen LogP contribution in [0.25, 0.3) is 0 Å². The largest absolute Gasteiger partial charge is 0.467 e. The first-order valence-corrected chi connectivity index (χ1v) is 27.4. The van der Waals surface area contributed by atoms with Crippen molar-refractivity contribution in [3.63, 3.8) is 0 Å². The van der Waals surface area contributed by atoms with Crippen LogP contribution in [0.2, 0.25) is 0 Å². The first kappa shape index (κ1) is 61.9. The predicted molar refractivity (Wildman–Crippen MR) is 303 cm³/mol. The molecule has 0 radical (unpaired) electrons. The summed E-state index contributed by atoms with van der Waals surface area (Å²) in [6.45, 7) is -1.95. The van der Waals surface area contributed by atoms with Crippen molar-refractivity contribution in [2.24, 2.45) is 0 Å². The number of nitro benzene ring substituents is 2. The van der Waals surface area contributed by atoms with Gasteiger partial charge in [0.2, 0.25) is 5.79 Å². The van der Waals surface area contributed by atoms with Gasteiger partial charge in [0.15, 0.2) is 12.4 Å². The fraction of sp³-hybridized carbons (Fsp3) is 0.297. The molecule has 2 N–H and O–H groups in total. The van der Waals surface area contributed by atoms with Crippen molar-refractivity contribution in [3.8, 4) is 0 Å². The SMILES string of the molecule is COC(=O)[C@@H](O)[C@H](O)[C@@]1(O[C@H]2O[C@H](COC(=O)c3ccc([N+](=O)[O-])cc3)[C@@H](OCc3ccccc3)[C@H](OCc3ccccc3)[C@H]2OCc2ccccc2)O[C@H](COC(=O)c2ccc([N+](=O)[O-])cc2)[C@@H](OCc2ccccc2)[C@@H]1OCc1ccccc1. The van der Waals surface area contributed by atoms with Crippen LogP contribution in [0.3, 0.4) is 0 Å². The average Bonchev–Trinajstić information content (AvgIpc) is 2.23. The molecule has 0 saturated carbocycles. The second kappa shape index (κ2) is 29.9. The van der Waals surface area contributed by atoms with E-state index in [-0.39, 0.29) is 55.5 Å². The third-order valence-electron chi connectivity index (χ3n) is 14.2. The molecule has 2 aliphatic rings. The van der Waals surface area contributed by atoms with Gasteiger partial charge in [-0.05, 0) is 52.1 Å². The molecule has 7 aromatic rings. The lowest BCUT2D eigenvalue weighted by atomic mass is 9.94. The third kappa shape index (κ3) is 15.8. The number of ether oxygens (including phenoxy) is 11. The quantitative estimate of drug-likeness (QED) is 0.0202. The van der Waals surface area contributed by atoms with Crippen molar-refractivity contribution in [2.75, 3.05) is 20.3 Å². The number of rotatable bonds is 28. The number of aliphatic hydroxyl groups is 2. The standard InChI is InChI=1S/C64H62N2O20/c1-76-62(71)53(67)58(68)64(59(81-39-46-25-15-6-16-26-46)55(78-36-43-19-9-3-10-20-43)52(85-64)41-83-61(70)48-29-33-50(34-30-48)66(74)75)86-63-57(80-38-45-23-13-5-14-24-45)56(79-37-44-21-11-4-12-22-44)54(77-35-42-17-7-2-8-18-42)51(84-63)40-82-60(69)47-27-31-49(32-28-47)65(72)73/h2-34,51-59,63,67-68H,35-41H2,1H3/t51-,52-,53+,54-,55-,56+,57-,58+,59+,63-,64+/m1/s1. The number of benzene rings is 7. The summed E-state index contributed by atoms with van der Waals surface area (Å²) < 4.78 is 71.9. The highest BCUT2D eigenvalue weighted by atomic mass is 16.8. The third-order valence-corrected chi connectivity index (χ3v) is 14.2. The summed E-state index contributed by atoms with van der Waals surface area (Å²) in [4.78, 5) is 63.3. The number of nitro groups is 2. The minimum atomic E-state index is -2.85. The topological polar surface area (TPSA) is 279 Å². The molecule has 0 amide bonds. The zero-order valence-corrected chi connectivity index (χ0v) is 46.4. The van der Waals surface area contributed by atoms with E-state index < -0.39 is 108 Å². The fourth-order valence-corrected chi connectivity index (χ4v) is 9.81. The smallest absolute Gasteiger partial charge is 0.338 e. The molecule has 2 saturated heterocycles. The Bertz CT molecular complexity index is 3300. The number of non-ortho nitro benzene ring substituents is 2. The first-order valence-electron chi connectivity index (χ1n) is 27.4. The highest BCUT2D eigenvalue weighted by Crippen LogP contribution is 2.45. The van der Waals surface area contributed by atoms with Crippen LogP contribution in [-0.2, 0) is 89.9 Å². The Morgan fingerprint density at radius 3 is 1.24 bits per heavy atom. The molecule has 0 spiro atoms. The molecular weight excluding hydrogens is 1120 g/mol. The van der Waals surface area contributed by atoms with Gasteiger partial charge in [-0.3, -0.25) is 20.2 Å². The summed E-state index contributed by atoms with van der Waals surface area (Å²) in [6, 6.07) is 54.5. The van der Waals surface area contributed by atoms with E-state index in [9.17, 15) is 44.8 Å². The monoisotopic (exact) mass is 1180 g/mol. The maximum atomic E-state index is 14.0. The van der Waals surface area contributed by atoms with Crippen LogP contribution in [0.15, 0.2) is 200 Å². The summed E-state index contributed by atoms with van der Waals surface area (Å²) in [5.74, 6) is -6.04. The normalized spacial score (nSPS) is 22.5. The first-order chi connectivity index (χ1) is 41.8. The van der Waals surface area contributed by atoms with Crippen LogP contribution in [0.1, 0.15) is 48.5 Å². The summed E-state index contributed by atoms with van der Waals surface area (Å²) in [6.07, 6.45) is -16.9. The van der Waals surface area contributed by atoms with Gasteiger partial charge in [-0.15, -0.1) is 0 Å². The van der Waals surface area contributed by atoms with E-state index in [1.807, 2.05) is 78.9 Å². The van der Waals surface area contributed by atoms with E-state index in [1.54, 1.807) is 72.8 Å². The van der Waals surface area contributed by atoms with Gasteiger partial charge in [0.1, 0.15) is 62.0 Å². The number of hydrogen-bond donors (Lipinski definition) is 2. The van der Waals surface area contributed by atoms with E-state index >= 15 is 0 Å². The molecule has 448 valence electrons. The average molecular weight is 1180 g/mol. The number of methoxy groups -OCH3 is 1. The predicted octanol–water partition coefficient (Wildman–Crippen LogP) is 8.18. The van der Waals surface area contributed by atoms with Crippen LogP contribution in [-0.4, -0.2) is 125 Å². The Hall–Kier alpha value is -8.65. The van der Waals surface area contributed by atoms with Crippen molar-refractivity contribution in [3.05, 3.63) is 259 Å². The molecule has 22 heteroatoms. The summed E-state index contributed by atoms with van der Waals surface area (Å²) in [5, 5.41) is 48.0. The second-order valence-corrected chi connectivity index (χ2v) is 20.0. The molecule has 0 aliphatic carbocycles. The van der Waals surface area contributed by atoms with Crippen molar-refractivity contribution in [1.82, 2.24) is 0 Å². The van der Waals surface area contributed by atoms with Crippen LogP contribution in [0.4, 0.5) is 11.4 Å². The van der Waals surface area contributed by atoms with Crippen LogP contribution >= 0.6 is 0 Å². The van der Waals surface area contributed by atoms with E-state index in [2.05, 4.69) is 0 Å². The Kier molecular flexibility index (Phi) is 21.5. The van der Waals surface area contributed by atoms with E-state index in [1.165, 1.54) is 24.3 Å². The highest BCUT2D eigenvalue weighted by Gasteiger charge is 2.67. The van der Waals surface area contributed by atoms with Crippen LogP contribution in [0, 0.1) is 20.2 Å². The Morgan fingerprint density at radius 2 is 0.849 bits per heavy atom. The van der Waals surface area contributed by atoms with Crippen LogP contribution < -0.4 is 0 Å². The van der Waals surface area contributed by atoms with Crippen molar-refractivity contribution in [1.29, 1.82) is 0 Å². The van der Waals surface area contributed by atoms with E-state index in [0.29, 0.717) is 22.3 Å². The van der Waals surface area contributed by atoms with Gasteiger partial charge in [0, 0.05) is 24.3 Å². The molecule has 9 rings (SSSR count). The molecular formula is C64H62N2O20. The fourth-order valence-electron chi connectivity index (χ4n) is 9.81. The summed E-state index contributed by atoms with van der Waals surface area (Å²) >= 11 is 0. The number of hydrogen-bond acceptors (Lipinski definition) is 20. The van der Waals surface area contributed by atoms with Crippen molar-refractivity contribution >= 4 is 29.3 Å². The van der Waals surface area contributed by atoms with Gasteiger partial charge in [-0.1, -0.05) is 152 Å². The Labute approximate surface area is 493 Å². The number of esters is 3. The molecule has 11 atom stereocenters. The molecule has 0 bridgehead atoms. The van der Waals surface area contributed by atoms with E-state index in [4.69, 9.17) is 52.1 Å². The molecule has 86 heavy (non-hydrogen) atoms. The van der Waals surface area contributed by atoms with Gasteiger partial charge < -0.3 is 62.3 Å². The summed E-state index contributed by atoms with van der Waals surface area (Å²) in [7, 11) is 0.988. The Morgan fingerprint density at radius 1 is 0.488 bits per heavy atom. The number of carbonyl (C=O) groups excluding carboxylic acids is 3. The van der Waals surface area contributed by atoms with Gasteiger partial charge in [0.05, 0.1) is 61.1 Å². The molecule has 0 aromatic heterocycles. The second-order valence-electron chi connectivity index (χ2n) is 20.0. The molecule has 2 aliphatic heterocycles. The molecule has 0 unspecified atom stereocenters. The number of carbonyl (C=O) groups is 3. The molecule has 22 nitrogen and oxygen atoms in total. The van der Waals surface area contributed by atoms with Crippen LogP contribution in [0.5, 0.6) is 0 Å². The minimum Gasteiger partial charge on any atom is -0.467 e. The van der Waals surface area contributed by atoms with Gasteiger partial charge in [-0.25, -0.2) is 14.4 Å². The zero-order chi connectivity index (χ0) is 60.4.